The van der Waals surface area contributed by atoms with Gasteiger partial charge in [0.15, 0.2) is 5.96 Å². The summed E-state index contributed by atoms with van der Waals surface area (Å²) in [6, 6.07) is 0. The van der Waals surface area contributed by atoms with Crippen LogP contribution in [0.3, 0.4) is 0 Å². The molecule has 0 aliphatic heterocycles. The van der Waals surface area contributed by atoms with Crippen LogP contribution in [-0.4, -0.2) is 138 Å². The molecule has 0 saturated heterocycles. The van der Waals surface area contributed by atoms with E-state index in [2.05, 4.69) is 41.6 Å². The number of alkyl carbamates (subject to hydrolysis) is 3. The van der Waals surface area contributed by atoms with E-state index in [-0.39, 0.29) is 72.8 Å². The van der Waals surface area contributed by atoms with E-state index >= 15 is 0 Å². The highest BCUT2D eigenvalue weighted by atomic mass is 16.6. The Kier molecular flexibility index (Phi) is 42.2. The first-order valence-electron chi connectivity index (χ1n) is 25.1. The van der Waals surface area contributed by atoms with E-state index < -0.39 is 46.8 Å². The van der Waals surface area contributed by atoms with Crippen LogP contribution in [0, 0.1) is 0 Å². The van der Waals surface area contributed by atoms with Gasteiger partial charge in [-0.3, -0.25) is 40.3 Å². The molecule has 0 aromatic carbocycles. The zero-order chi connectivity index (χ0) is 58.8. The van der Waals surface area contributed by atoms with Crippen molar-refractivity contribution in [3.05, 3.63) is 0 Å². The number of hydrogen-bond donors (Lipinski definition) is 9. The van der Waals surface area contributed by atoms with Gasteiger partial charge in [0, 0.05) is 71.3 Å². The highest BCUT2D eigenvalue weighted by Crippen LogP contribution is 2.11. The molecule has 25 heteroatoms. The van der Waals surface area contributed by atoms with E-state index in [9.17, 15) is 43.2 Å². The first-order valence-corrected chi connectivity index (χ1v) is 25.1. The fourth-order valence-electron chi connectivity index (χ4n) is 4.73. The Bertz CT molecular complexity index is 1790. The topological polar surface area (TPSA) is 386 Å². The largest absolute Gasteiger partial charge is 0.444 e. The molecule has 0 fully saturated rings. The lowest BCUT2D eigenvalue weighted by Gasteiger charge is -2.22. The number of Topliss-reactive ketones (excluding diaryl/α,β-unsaturated/α-hetero) is 3. The van der Waals surface area contributed by atoms with E-state index in [1.165, 1.54) is 20.8 Å². The van der Waals surface area contributed by atoms with Crippen molar-refractivity contribution in [2.45, 2.75) is 210 Å². The Balaban J connectivity index is -0.000000495. The number of unbranched alkanes of at least 4 members (excludes halogenated alkanes) is 4. The SMILES string of the molecule is CC(=O)CCC(=O)NCCCCCC(=NC(=O)OC(C)(C)C)NC(=O)OC(C)(C)C.CC(=O)CCC(=O)NCCCCN=C(N)N.CC(=O)CCO.CC(C)(C)OC(=O)NC(=NCCCCN)NC(=O)OC(C)(C)C. The number of aliphatic imine (C=N–C) groups is 3. The van der Waals surface area contributed by atoms with E-state index in [0.29, 0.717) is 58.4 Å². The lowest BCUT2D eigenvalue weighted by atomic mass is 10.1. The van der Waals surface area contributed by atoms with Crippen molar-refractivity contribution in [2.75, 3.05) is 39.3 Å². The van der Waals surface area contributed by atoms with E-state index in [4.69, 9.17) is 41.3 Å². The Hall–Kier alpha value is -6.24. The van der Waals surface area contributed by atoms with Gasteiger partial charge in [-0.15, -0.1) is 0 Å². The molecule has 0 aromatic rings. The third kappa shape index (κ3) is 65.7. The second-order valence-electron chi connectivity index (χ2n) is 20.7. The van der Waals surface area contributed by atoms with Crippen molar-refractivity contribution in [2.24, 2.45) is 32.2 Å². The summed E-state index contributed by atoms with van der Waals surface area (Å²) in [5, 5.41) is 20.8. The molecule has 6 amide bonds. The molecule has 0 bridgehead atoms. The van der Waals surface area contributed by atoms with Gasteiger partial charge in [0.05, 0.1) is 0 Å². The average Bonchev–Trinajstić information content (AvgIpc) is 3.21. The first-order chi connectivity index (χ1) is 34.4. The van der Waals surface area contributed by atoms with E-state index in [0.717, 1.165) is 38.5 Å². The zero-order valence-corrected chi connectivity index (χ0v) is 47.8. The number of aliphatic hydroxyl groups is 1. The number of hydrogen-bond acceptors (Lipinski definition) is 17. The summed E-state index contributed by atoms with van der Waals surface area (Å²) >= 11 is 0. The van der Waals surface area contributed by atoms with Crippen LogP contribution in [0.4, 0.5) is 19.2 Å². The van der Waals surface area contributed by atoms with E-state index in [1.807, 2.05) is 0 Å². The Labute approximate surface area is 445 Å². The summed E-state index contributed by atoms with van der Waals surface area (Å²) in [7, 11) is 0. The van der Waals surface area contributed by atoms with Gasteiger partial charge in [0.25, 0.3) is 0 Å². The number of guanidine groups is 2. The molecule has 0 aromatic heterocycles. The monoisotopic (exact) mass is 1070 g/mol. The minimum absolute atomic E-state index is 0.00878. The maximum absolute atomic E-state index is 12.0. The normalized spacial score (nSPS) is 11.1. The number of nitrogens with zero attached hydrogens (tertiary/aromatic N) is 3. The molecule has 0 spiro atoms. The molecule has 0 aliphatic rings. The number of carbonyl (C=O) groups is 9. The van der Waals surface area contributed by atoms with Crippen LogP contribution in [-0.2, 0) is 42.9 Å². The number of ketones is 3. The van der Waals surface area contributed by atoms with Gasteiger partial charge < -0.3 is 61.5 Å². The average molecular weight is 1070 g/mol. The summed E-state index contributed by atoms with van der Waals surface area (Å²) < 4.78 is 20.6. The van der Waals surface area contributed by atoms with Gasteiger partial charge >= 0.3 is 24.4 Å². The quantitative estimate of drug-likeness (QED) is 0.0264. The number of amidine groups is 1. The Morgan fingerprint density at radius 3 is 1.21 bits per heavy atom. The third-order valence-electron chi connectivity index (χ3n) is 7.87. The molecular formula is C50H95N11O14. The highest BCUT2D eigenvalue weighted by Gasteiger charge is 2.22. The van der Waals surface area contributed by atoms with Crippen molar-refractivity contribution in [1.82, 2.24) is 26.6 Å². The molecule has 0 aliphatic carbocycles. The van der Waals surface area contributed by atoms with Crippen molar-refractivity contribution in [3.63, 3.8) is 0 Å². The van der Waals surface area contributed by atoms with Crippen molar-refractivity contribution >= 4 is 71.3 Å². The van der Waals surface area contributed by atoms with Crippen LogP contribution >= 0.6 is 0 Å². The minimum atomic E-state index is -0.786. The van der Waals surface area contributed by atoms with Crippen LogP contribution < -0.4 is 43.8 Å². The molecule has 0 heterocycles. The molecule has 0 unspecified atom stereocenters. The van der Waals surface area contributed by atoms with Gasteiger partial charge in [-0.05, 0) is 149 Å². The lowest BCUT2D eigenvalue weighted by molar-refractivity contribution is -0.124. The number of ether oxygens (including phenoxy) is 4. The number of carbonyl (C=O) groups excluding carboxylic acids is 9. The van der Waals surface area contributed by atoms with Crippen LogP contribution in [0.5, 0.6) is 0 Å². The maximum atomic E-state index is 12.0. The molecule has 0 radical (unpaired) electrons. The number of aliphatic hydroxyl groups excluding tert-OH is 1. The van der Waals surface area contributed by atoms with Gasteiger partial charge in [0.1, 0.15) is 45.6 Å². The number of nitrogens with two attached hydrogens (primary N) is 3. The fourth-order valence-corrected chi connectivity index (χ4v) is 4.73. The van der Waals surface area contributed by atoms with E-state index in [1.54, 1.807) is 83.1 Å². The predicted molar refractivity (Wildman–Crippen MR) is 289 cm³/mol. The standard InChI is InChI=1S/C21H37N3O6.C15H30N4O4.C10H20N4O2.C4H8O2/c1-15(25)12-13-17(26)22-14-10-8-9-11-16(23-18(27)29-20(2,3)4)24-19(28)30-21(5,6)7;1-14(2,3)22-12(20)18-11(17-10-8-7-9-16)19-13(21)23-15(4,5)6;1-8(15)4-5-9(16)13-6-2-3-7-14-10(11)12;1-4(6)2-3-5/h8-14H2,1-7H3,(H,22,26)(H,23,24,27,28);7-10,16H2,1-6H3,(H2,17,18,19,20,21);2-7H2,1H3,(H,13,16)(H4,11,12,14);5H,2-3H2,1H3. The lowest BCUT2D eigenvalue weighted by Crippen LogP contribution is -2.47. The van der Waals surface area contributed by atoms with Crippen molar-refractivity contribution in [1.29, 1.82) is 0 Å². The smallest absolute Gasteiger partial charge is 0.435 e. The van der Waals surface area contributed by atoms with Crippen LogP contribution in [0.1, 0.15) is 187 Å². The van der Waals surface area contributed by atoms with Gasteiger partial charge in [0.2, 0.25) is 17.8 Å². The van der Waals surface area contributed by atoms with Crippen molar-refractivity contribution < 1.29 is 67.2 Å². The molecule has 434 valence electrons. The van der Waals surface area contributed by atoms with Crippen molar-refractivity contribution in [3.8, 4) is 0 Å². The van der Waals surface area contributed by atoms with Crippen LogP contribution in [0.15, 0.2) is 15.0 Å². The van der Waals surface area contributed by atoms with Crippen LogP contribution in [0.25, 0.3) is 0 Å². The molecule has 25 nitrogen and oxygen atoms in total. The Morgan fingerprint density at radius 2 is 0.853 bits per heavy atom. The number of nitrogens with one attached hydrogen (secondary N) is 5. The van der Waals surface area contributed by atoms with Gasteiger partial charge in [-0.25, -0.2) is 19.2 Å². The summed E-state index contributed by atoms with van der Waals surface area (Å²) in [6.07, 6.45) is 4.06. The fraction of sp³-hybridized carbons (Fsp3) is 0.760. The molecule has 0 rings (SSSR count). The van der Waals surface area contributed by atoms with Crippen LogP contribution in [0.2, 0.25) is 0 Å². The minimum Gasteiger partial charge on any atom is -0.444 e. The summed E-state index contributed by atoms with van der Waals surface area (Å²) in [5.41, 5.74) is 13.0. The molecule has 0 saturated carbocycles. The maximum Gasteiger partial charge on any atom is 0.435 e. The summed E-state index contributed by atoms with van der Waals surface area (Å²) in [6.45, 7) is 27.9. The van der Waals surface area contributed by atoms with Gasteiger partial charge in [-0.1, -0.05) is 6.42 Å². The predicted octanol–water partition coefficient (Wildman–Crippen LogP) is 5.50. The number of amides is 6. The second kappa shape index (κ2) is 42.0. The van der Waals surface area contributed by atoms with Gasteiger partial charge in [-0.2, -0.15) is 4.99 Å². The molecule has 12 N–H and O–H groups in total. The second-order valence-corrected chi connectivity index (χ2v) is 20.7. The third-order valence-corrected chi connectivity index (χ3v) is 7.87. The summed E-state index contributed by atoms with van der Waals surface area (Å²) in [4.78, 5) is 113. The highest BCUT2D eigenvalue weighted by molar-refractivity contribution is 6.01. The number of rotatable bonds is 23. The molecule has 0 atom stereocenters. The molecule has 75 heavy (non-hydrogen) atoms. The molecular weight excluding hydrogens is 979 g/mol. The summed E-state index contributed by atoms with van der Waals surface area (Å²) in [5.74, 6) is 0.0702. The Morgan fingerprint density at radius 1 is 0.467 bits per heavy atom. The first kappa shape index (κ1) is 75.3. The zero-order valence-electron chi connectivity index (χ0n) is 47.8.